The molecule has 0 aliphatic carbocycles. The Morgan fingerprint density at radius 2 is 1.07 bits per heavy atom. The molecule has 0 aliphatic rings. The van der Waals surface area contributed by atoms with Crippen LogP contribution >= 0.6 is 7.26 Å². The molecule has 0 aliphatic heterocycles. The van der Waals surface area contributed by atoms with Gasteiger partial charge in [-0.15, -0.1) is 0 Å². The van der Waals surface area contributed by atoms with E-state index in [9.17, 15) is 17.3 Å². The van der Waals surface area contributed by atoms with Crippen molar-refractivity contribution in [2.24, 2.45) is 0 Å². The molecule has 0 saturated heterocycles. The minimum absolute atomic E-state index is 0.511. The highest BCUT2D eigenvalue weighted by Gasteiger charge is 2.34. The predicted molar refractivity (Wildman–Crippen MR) is 63.9 cm³/mol. The lowest BCUT2D eigenvalue weighted by atomic mass is 10.3. The van der Waals surface area contributed by atoms with Crippen LogP contribution in [0.4, 0.5) is 17.3 Å². The molecule has 0 unspecified atom stereocenters. The van der Waals surface area contributed by atoms with E-state index < -0.39 is 14.5 Å². The first-order valence-corrected chi connectivity index (χ1v) is 7.77. The molecule has 0 heterocycles. The van der Waals surface area contributed by atoms with E-state index in [1.165, 1.54) is 18.5 Å². The number of rotatable bonds is 4. The molecule has 0 nitrogen and oxygen atoms in total. The summed E-state index contributed by atoms with van der Waals surface area (Å²) in [6, 6.07) is 0. The molecule has 6 heteroatoms. The standard InChI is InChI=1S/C9H22P.BF4/c1-6-10(7-2,8-3)9(4)5;2-1(3,4)5/h9H,6-8H2,1-5H3;/q+1;-1. The lowest BCUT2D eigenvalue weighted by molar-refractivity contribution is 0.368. The summed E-state index contributed by atoms with van der Waals surface area (Å²) in [5.74, 6) is 0. The molecule has 15 heavy (non-hydrogen) atoms. The second-order valence-electron chi connectivity index (χ2n) is 3.76. The summed E-state index contributed by atoms with van der Waals surface area (Å²) in [4.78, 5) is 0. The summed E-state index contributed by atoms with van der Waals surface area (Å²) in [7, 11) is -6.51. The van der Waals surface area contributed by atoms with Crippen LogP contribution in [0.3, 0.4) is 0 Å². The average Bonchev–Trinajstić information content (AvgIpc) is 2.05. The fraction of sp³-hybridized carbons (Fsp3) is 1.00. The fourth-order valence-electron chi connectivity index (χ4n) is 1.77. The van der Waals surface area contributed by atoms with Gasteiger partial charge in [0, 0.05) is 7.26 Å². The van der Waals surface area contributed by atoms with Crippen molar-refractivity contribution < 1.29 is 17.3 Å². The summed E-state index contributed by atoms with van der Waals surface area (Å²) in [6.45, 7) is 11.9. The van der Waals surface area contributed by atoms with E-state index >= 15 is 0 Å². The van der Waals surface area contributed by atoms with Gasteiger partial charge in [0.1, 0.15) is 0 Å². The van der Waals surface area contributed by atoms with E-state index in [0.29, 0.717) is 0 Å². The maximum Gasteiger partial charge on any atom is 0.673 e. The zero-order valence-electron chi connectivity index (χ0n) is 10.2. The molecular weight excluding hydrogens is 226 g/mol. The molecule has 0 aromatic rings. The van der Waals surface area contributed by atoms with E-state index in [1.54, 1.807) is 0 Å². The van der Waals surface area contributed by atoms with Crippen molar-refractivity contribution in [2.45, 2.75) is 40.3 Å². The van der Waals surface area contributed by atoms with Crippen LogP contribution in [0.1, 0.15) is 34.6 Å². The highest BCUT2D eigenvalue weighted by Crippen LogP contribution is 2.61. The first kappa shape index (κ1) is 17.6. The van der Waals surface area contributed by atoms with E-state index in [-0.39, 0.29) is 0 Å². The van der Waals surface area contributed by atoms with Gasteiger partial charge in [0.05, 0.1) is 24.1 Å². The quantitative estimate of drug-likeness (QED) is 0.381. The Labute approximate surface area is 91.3 Å². The van der Waals surface area contributed by atoms with E-state index in [0.717, 1.165) is 5.66 Å². The third-order valence-electron chi connectivity index (χ3n) is 2.98. The Hall–Kier alpha value is 0.215. The Kier molecular flexibility index (Phi) is 8.78. The van der Waals surface area contributed by atoms with Crippen molar-refractivity contribution in [1.29, 1.82) is 0 Å². The maximum atomic E-state index is 9.75. The lowest BCUT2D eigenvalue weighted by Gasteiger charge is -2.27. The van der Waals surface area contributed by atoms with Gasteiger partial charge in [0.15, 0.2) is 0 Å². The van der Waals surface area contributed by atoms with Crippen LogP contribution in [0, 0.1) is 0 Å². The summed E-state index contributed by atoms with van der Waals surface area (Å²) in [5, 5.41) is 0. The molecule has 0 aromatic carbocycles. The van der Waals surface area contributed by atoms with Gasteiger partial charge >= 0.3 is 7.25 Å². The van der Waals surface area contributed by atoms with Gasteiger partial charge in [0.25, 0.3) is 0 Å². The average molecular weight is 248 g/mol. The van der Waals surface area contributed by atoms with E-state index in [2.05, 4.69) is 34.6 Å². The molecule has 0 rings (SSSR count). The van der Waals surface area contributed by atoms with Gasteiger partial charge in [-0.2, -0.15) is 0 Å². The van der Waals surface area contributed by atoms with Crippen LogP contribution in [-0.4, -0.2) is 31.4 Å². The Morgan fingerprint density at radius 1 is 0.867 bits per heavy atom. The Morgan fingerprint density at radius 3 is 1.07 bits per heavy atom. The molecule has 0 amide bonds. The van der Waals surface area contributed by atoms with Crippen molar-refractivity contribution in [1.82, 2.24) is 0 Å². The predicted octanol–water partition coefficient (Wildman–Crippen LogP) is 4.77. The molecule has 0 N–H and O–H groups in total. The molecular formula is C9H22BF4P. The second-order valence-corrected chi connectivity index (χ2v) is 9.12. The van der Waals surface area contributed by atoms with Crippen molar-refractivity contribution >= 4 is 14.5 Å². The Balaban J connectivity index is 0. The normalized spacial score (nSPS) is 12.4. The van der Waals surface area contributed by atoms with Crippen molar-refractivity contribution in [3.05, 3.63) is 0 Å². The van der Waals surface area contributed by atoms with Gasteiger partial charge in [-0.3, -0.25) is 0 Å². The third-order valence-corrected chi connectivity index (χ3v) is 8.95. The van der Waals surface area contributed by atoms with Gasteiger partial charge in [-0.1, -0.05) is 0 Å². The van der Waals surface area contributed by atoms with Crippen LogP contribution in [0.25, 0.3) is 0 Å². The second kappa shape index (κ2) is 7.48. The SMILES string of the molecule is CC[P+](CC)(CC)C(C)C.F[B-](F)(F)F. The van der Waals surface area contributed by atoms with Crippen LogP contribution in [0.15, 0.2) is 0 Å². The van der Waals surface area contributed by atoms with Crippen LogP contribution < -0.4 is 0 Å². The topological polar surface area (TPSA) is 0 Å². The van der Waals surface area contributed by atoms with Crippen molar-refractivity contribution in [3.63, 3.8) is 0 Å². The minimum Gasteiger partial charge on any atom is -0.418 e. The molecule has 0 atom stereocenters. The summed E-state index contributed by atoms with van der Waals surface area (Å²) >= 11 is 0. The molecule has 0 bridgehead atoms. The van der Waals surface area contributed by atoms with Crippen molar-refractivity contribution in [3.8, 4) is 0 Å². The largest absolute Gasteiger partial charge is 0.673 e. The summed E-state index contributed by atoms with van der Waals surface area (Å²) in [6.07, 6.45) is 4.33. The molecule has 0 spiro atoms. The zero-order valence-corrected chi connectivity index (χ0v) is 11.1. The van der Waals surface area contributed by atoms with Gasteiger partial charge in [0.2, 0.25) is 0 Å². The highest BCUT2D eigenvalue weighted by atomic mass is 31.2. The molecule has 94 valence electrons. The van der Waals surface area contributed by atoms with Gasteiger partial charge < -0.3 is 17.3 Å². The van der Waals surface area contributed by atoms with Crippen LogP contribution in [0.5, 0.6) is 0 Å². The number of halogens is 4. The minimum atomic E-state index is -6.00. The first-order valence-electron chi connectivity index (χ1n) is 5.36. The van der Waals surface area contributed by atoms with Gasteiger partial charge in [-0.25, -0.2) is 0 Å². The number of hydrogen-bond acceptors (Lipinski definition) is 0. The summed E-state index contributed by atoms with van der Waals surface area (Å²) in [5.41, 5.74) is 0.951. The maximum absolute atomic E-state index is 9.75. The van der Waals surface area contributed by atoms with Crippen LogP contribution in [-0.2, 0) is 0 Å². The molecule has 0 fully saturated rings. The van der Waals surface area contributed by atoms with Gasteiger partial charge in [-0.05, 0) is 34.6 Å². The third kappa shape index (κ3) is 9.16. The highest BCUT2D eigenvalue weighted by molar-refractivity contribution is 7.76. The summed E-state index contributed by atoms with van der Waals surface area (Å²) < 4.78 is 39.0. The molecule has 0 aromatic heterocycles. The Bertz CT molecular complexity index is 140. The van der Waals surface area contributed by atoms with E-state index in [4.69, 9.17) is 0 Å². The molecule has 0 radical (unpaired) electrons. The number of hydrogen-bond donors (Lipinski definition) is 0. The van der Waals surface area contributed by atoms with Crippen LogP contribution in [0.2, 0.25) is 0 Å². The smallest absolute Gasteiger partial charge is 0.418 e. The fourth-order valence-corrected chi connectivity index (χ4v) is 5.30. The van der Waals surface area contributed by atoms with E-state index in [1.807, 2.05) is 0 Å². The monoisotopic (exact) mass is 248 g/mol. The molecule has 0 saturated carbocycles. The zero-order chi connectivity index (χ0) is 12.7. The first-order chi connectivity index (χ1) is 6.63. The van der Waals surface area contributed by atoms with Crippen molar-refractivity contribution in [2.75, 3.05) is 18.5 Å². The lowest BCUT2D eigenvalue weighted by Crippen LogP contribution is -2.12.